The van der Waals surface area contributed by atoms with Crippen molar-refractivity contribution < 1.29 is 9.90 Å². The van der Waals surface area contributed by atoms with Gasteiger partial charge >= 0.3 is 0 Å². The Morgan fingerprint density at radius 1 is 1.06 bits per heavy atom. The number of nitrogens with two attached hydrogens (primary N) is 1. The van der Waals surface area contributed by atoms with Crippen LogP contribution in [0, 0.1) is 5.92 Å². The van der Waals surface area contributed by atoms with Crippen molar-refractivity contribution >= 4 is 69.5 Å². The molecule has 5 N–H and O–H groups in total. The molecule has 2 fully saturated rings. The van der Waals surface area contributed by atoms with E-state index in [2.05, 4.69) is 15.6 Å². The monoisotopic (exact) mass is 551 g/mol. The van der Waals surface area contributed by atoms with Gasteiger partial charge in [-0.2, -0.15) is 4.98 Å². The Morgan fingerprint density at radius 3 is 2.44 bits per heavy atom. The smallest absolute Gasteiger partial charge is 0.224 e. The second-order valence-electron chi connectivity index (χ2n) is 9.65. The van der Waals surface area contributed by atoms with Crippen molar-refractivity contribution in [2.75, 3.05) is 10.6 Å². The summed E-state index contributed by atoms with van der Waals surface area (Å²) in [5.41, 5.74) is 7.33. The molecule has 2 atom stereocenters. The fourth-order valence-corrected chi connectivity index (χ4v) is 6.18. The molecule has 0 bridgehead atoms. The molecular formula is C24H28Cl3N7O2. The summed E-state index contributed by atoms with van der Waals surface area (Å²) in [7, 11) is 0. The fraction of sp³-hybridized carbons (Fsp3) is 0.500. The van der Waals surface area contributed by atoms with E-state index in [0.29, 0.717) is 63.1 Å². The number of nitrogens with zero attached hydrogens (tertiary/aromatic N) is 4. The number of carbonyl (C=O) groups is 1. The lowest BCUT2D eigenvalue weighted by molar-refractivity contribution is -0.122. The molecule has 1 unspecified atom stereocenters. The summed E-state index contributed by atoms with van der Waals surface area (Å²) in [5, 5.41) is 17.9. The molecule has 1 amide bonds. The molecule has 0 radical (unpaired) electrons. The number of imidazole rings is 1. The van der Waals surface area contributed by atoms with Gasteiger partial charge in [0.05, 0.1) is 28.0 Å². The van der Waals surface area contributed by atoms with Crippen LogP contribution in [0.2, 0.25) is 15.1 Å². The molecule has 5 rings (SSSR count). The first-order valence-corrected chi connectivity index (χ1v) is 13.3. The predicted molar refractivity (Wildman–Crippen MR) is 142 cm³/mol. The van der Waals surface area contributed by atoms with Gasteiger partial charge < -0.3 is 21.5 Å². The second-order valence-corrected chi connectivity index (χ2v) is 10.9. The lowest BCUT2D eigenvalue weighted by atomic mass is 9.85. The highest BCUT2D eigenvalue weighted by Gasteiger charge is 2.30. The highest BCUT2D eigenvalue weighted by Crippen LogP contribution is 2.40. The van der Waals surface area contributed by atoms with Gasteiger partial charge in [-0.1, -0.05) is 34.8 Å². The molecule has 2 heterocycles. The van der Waals surface area contributed by atoms with Crippen LogP contribution in [0.15, 0.2) is 18.3 Å². The average molecular weight is 553 g/mol. The van der Waals surface area contributed by atoms with E-state index in [1.807, 2.05) is 4.57 Å². The largest absolute Gasteiger partial charge is 0.393 e. The standard InChI is InChI=1S/C24H28Cl3N7O2/c25-13-8-17(26)20(18(27)9-13)32-24-31-19-11-29-23(30-14-2-1-3-16(35)10-14)33-22(19)34(24)15-6-4-12(5-7-15)21(28)36/h8-9,11-12,14-16,35H,1-7,10H2,(H2,28,36)(H,31,32)(H,29,30,33)/t12?,14?,15?,16-/m0/s1. The van der Waals surface area contributed by atoms with Gasteiger partial charge in [-0.15, -0.1) is 0 Å². The third kappa shape index (κ3) is 5.34. The second kappa shape index (κ2) is 10.6. The number of primary amides is 1. The van der Waals surface area contributed by atoms with Crippen molar-refractivity contribution in [3.8, 4) is 0 Å². The van der Waals surface area contributed by atoms with Crippen LogP contribution in [0.5, 0.6) is 0 Å². The van der Waals surface area contributed by atoms with Crippen molar-refractivity contribution in [1.29, 1.82) is 0 Å². The van der Waals surface area contributed by atoms with E-state index < -0.39 is 0 Å². The Morgan fingerprint density at radius 2 is 1.78 bits per heavy atom. The summed E-state index contributed by atoms with van der Waals surface area (Å²) < 4.78 is 2.04. The van der Waals surface area contributed by atoms with E-state index in [9.17, 15) is 9.90 Å². The van der Waals surface area contributed by atoms with Crippen molar-refractivity contribution in [3.05, 3.63) is 33.4 Å². The number of rotatable bonds is 6. The molecule has 2 aliphatic rings. The summed E-state index contributed by atoms with van der Waals surface area (Å²) in [6.07, 6.45) is 7.65. The number of amides is 1. The van der Waals surface area contributed by atoms with E-state index in [-0.39, 0.29) is 30.0 Å². The SMILES string of the molecule is NC(=O)C1CCC(n2c(Nc3c(Cl)cc(Cl)cc3Cl)nc3cnc(NC4CCC[C@H](O)C4)nc32)CC1. The number of aliphatic hydroxyl groups excluding tert-OH is 1. The van der Waals surface area contributed by atoms with Gasteiger partial charge in [-0.05, 0) is 63.5 Å². The third-order valence-corrected chi connectivity index (χ3v) is 7.93. The van der Waals surface area contributed by atoms with E-state index in [4.69, 9.17) is 50.5 Å². The van der Waals surface area contributed by atoms with Gasteiger partial charge in [0.1, 0.15) is 5.52 Å². The number of aliphatic hydroxyl groups is 1. The highest BCUT2D eigenvalue weighted by molar-refractivity contribution is 6.41. The summed E-state index contributed by atoms with van der Waals surface area (Å²) in [4.78, 5) is 25.8. The maximum absolute atomic E-state index is 11.7. The van der Waals surface area contributed by atoms with Crippen LogP contribution < -0.4 is 16.4 Å². The minimum atomic E-state index is -0.310. The average Bonchev–Trinajstić information content (AvgIpc) is 3.18. The molecule has 192 valence electrons. The Bertz CT molecular complexity index is 1250. The quantitative estimate of drug-likeness (QED) is 0.319. The molecule has 0 saturated heterocycles. The molecule has 12 heteroatoms. The number of carbonyl (C=O) groups excluding carboxylic acids is 1. The fourth-order valence-electron chi connectivity index (χ4n) is 5.26. The van der Waals surface area contributed by atoms with Crippen LogP contribution in [-0.2, 0) is 4.79 Å². The number of anilines is 3. The minimum absolute atomic E-state index is 0.0391. The summed E-state index contributed by atoms with van der Waals surface area (Å²) in [6.45, 7) is 0. The van der Waals surface area contributed by atoms with Crippen molar-refractivity contribution in [3.63, 3.8) is 0 Å². The first kappa shape index (κ1) is 25.3. The number of halogens is 3. The van der Waals surface area contributed by atoms with Crippen LogP contribution in [0.1, 0.15) is 57.4 Å². The van der Waals surface area contributed by atoms with Crippen LogP contribution in [-0.4, -0.2) is 42.7 Å². The van der Waals surface area contributed by atoms with E-state index >= 15 is 0 Å². The maximum atomic E-state index is 11.7. The molecule has 2 aliphatic carbocycles. The molecule has 1 aromatic carbocycles. The molecule has 36 heavy (non-hydrogen) atoms. The third-order valence-electron chi connectivity index (χ3n) is 7.12. The number of nitrogens with one attached hydrogen (secondary N) is 2. The van der Waals surface area contributed by atoms with Gasteiger partial charge in [-0.3, -0.25) is 9.36 Å². The molecule has 0 aliphatic heterocycles. The lowest BCUT2D eigenvalue weighted by Crippen LogP contribution is -2.30. The van der Waals surface area contributed by atoms with E-state index in [1.165, 1.54) is 0 Å². The molecule has 9 nitrogen and oxygen atoms in total. The van der Waals surface area contributed by atoms with Crippen LogP contribution >= 0.6 is 34.8 Å². The number of benzene rings is 1. The molecule has 3 aromatic rings. The Balaban J connectivity index is 1.51. The zero-order chi connectivity index (χ0) is 25.4. The summed E-state index contributed by atoms with van der Waals surface area (Å²) in [5.74, 6) is 0.628. The minimum Gasteiger partial charge on any atom is -0.393 e. The van der Waals surface area contributed by atoms with E-state index in [0.717, 1.165) is 32.1 Å². The zero-order valence-electron chi connectivity index (χ0n) is 19.6. The van der Waals surface area contributed by atoms with Gasteiger partial charge in [0.15, 0.2) is 5.65 Å². The molecule has 2 aromatic heterocycles. The zero-order valence-corrected chi connectivity index (χ0v) is 21.8. The maximum Gasteiger partial charge on any atom is 0.224 e. The van der Waals surface area contributed by atoms with Crippen molar-refractivity contribution in [2.45, 2.75) is 69.6 Å². The topological polar surface area (TPSA) is 131 Å². The number of aromatic nitrogens is 4. The number of fused-ring (bicyclic) bond motifs is 1. The number of hydrogen-bond acceptors (Lipinski definition) is 7. The predicted octanol–water partition coefficient (Wildman–Crippen LogP) is 5.46. The first-order valence-electron chi connectivity index (χ1n) is 12.2. The van der Waals surface area contributed by atoms with Crippen molar-refractivity contribution in [2.24, 2.45) is 11.7 Å². The Kier molecular flexibility index (Phi) is 7.44. The van der Waals surface area contributed by atoms with Gasteiger partial charge in [-0.25, -0.2) is 9.97 Å². The van der Waals surface area contributed by atoms with Crippen molar-refractivity contribution in [1.82, 2.24) is 19.5 Å². The Labute approximate surface area is 223 Å². The van der Waals surface area contributed by atoms with Gasteiger partial charge in [0.2, 0.25) is 17.8 Å². The summed E-state index contributed by atoms with van der Waals surface area (Å²) in [6, 6.07) is 3.38. The Hall–Kier alpha value is -2.33. The van der Waals surface area contributed by atoms with Crippen LogP contribution in [0.25, 0.3) is 11.2 Å². The van der Waals surface area contributed by atoms with Crippen LogP contribution in [0.4, 0.5) is 17.6 Å². The van der Waals surface area contributed by atoms with E-state index in [1.54, 1.807) is 18.3 Å². The first-order chi connectivity index (χ1) is 17.3. The number of hydrogen-bond donors (Lipinski definition) is 4. The molecule has 0 spiro atoms. The van der Waals surface area contributed by atoms with Crippen LogP contribution in [0.3, 0.4) is 0 Å². The molecule has 2 saturated carbocycles. The van der Waals surface area contributed by atoms with Gasteiger partial charge in [0.25, 0.3) is 0 Å². The normalized spacial score (nSPS) is 24.6. The lowest BCUT2D eigenvalue weighted by Gasteiger charge is -2.29. The highest BCUT2D eigenvalue weighted by atomic mass is 35.5. The summed E-state index contributed by atoms with van der Waals surface area (Å²) >= 11 is 19.0. The van der Waals surface area contributed by atoms with Gasteiger partial charge in [0, 0.05) is 23.0 Å². The molecular weight excluding hydrogens is 525 g/mol.